The summed E-state index contributed by atoms with van der Waals surface area (Å²) in [5.41, 5.74) is 1.74. The molecule has 1 aliphatic heterocycles. The highest BCUT2D eigenvalue weighted by molar-refractivity contribution is 5.94. The van der Waals surface area contributed by atoms with Crippen LogP contribution in [0.25, 0.3) is 22.1 Å². The summed E-state index contributed by atoms with van der Waals surface area (Å²) in [6.07, 6.45) is 1.26. The van der Waals surface area contributed by atoms with Crippen molar-refractivity contribution in [2.45, 2.75) is 32.3 Å². The molecule has 1 aromatic heterocycles. The third kappa shape index (κ3) is 3.65. The quantitative estimate of drug-likeness (QED) is 0.324. The van der Waals surface area contributed by atoms with E-state index in [-0.39, 0.29) is 46.3 Å². The fourth-order valence-corrected chi connectivity index (χ4v) is 4.37. The first kappa shape index (κ1) is 21.6. The monoisotopic (exact) mass is 458 g/mol. The first-order chi connectivity index (χ1) is 16.3. The molecule has 172 valence electrons. The highest BCUT2D eigenvalue weighted by Crippen LogP contribution is 2.47. The molecule has 0 bridgehead atoms. The van der Waals surface area contributed by atoms with Crippen molar-refractivity contribution in [3.63, 3.8) is 0 Å². The van der Waals surface area contributed by atoms with E-state index in [2.05, 4.69) is 0 Å². The van der Waals surface area contributed by atoms with E-state index in [9.17, 15) is 19.8 Å². The number of hydrogen-bond acceptors (Lipinski definition) is 7. The topological polar surface area (TPSA) is 106 Å². The van der Waals surface area contributed by atoms with Gasteiger partial charge in [0.2, 0.25) is 5.43 Å². The standard InChI is InChI=1S/C27H22O7/c1-14(2)33-21-6-4-3-5-17(21)18-11-23(30)34-22-12-20(29)25-26(31)19(13-32-27(25)24(18)22)15-7-9-16(28)10-8-15/h3-10,12-14,18,28-29H,11H2,1-2H3/t18-/m0/s1. The van der Waals surface area contributed by atoms with Crippen molar-refractivity contribution in [3.8, 4) is 34.1 Å². The Labute approximate surface area is 194 Å². The number of carbonyl (C=O) groups excluding carboxylic acids is 1. The van der Waals surface area contributed by atoms with Crippen LogP contribution in [0.3, 0.4) is 0 Å². The normalized spacial score (nSPS) is 15.3. The molecule has 7 nitrogen and oxygen atoms in total. The van der Waals surface area contributed by atoms with E-state index in [1.807, 2.05) is 38.1 Å². The van der Waals surface area contributed by atoms with Crippen LogP contribution in [0.5, 0.6) is 23.0 Å². The Balaban J connectivity index is 1.76. The highest BCUT2D eigenvalue weighted by atomic mass is 16.5. The van der Waals surface area contributed by atoms with Gasteiger partial charge in [0, 0.05) is 23.1 Å². The van der Waals surface area contributed by atoms with Gasteiger partial charge in [0.15, 0.2) is 0 Å². The number of esters is 1. The van der Waals surface area contributed by atoms with Gasteiger partial charge in [0.1, 0.15) is 40.2 Å². The zero-order valence-corrected chi connectivity index (χ0v) is 18.6. The summed E-state index contributed by atoms with van der Waals surface area (Å²) in [4.78, 5) is 25.9. The second-order valence-electron chi connectivity index (χ2n) is 8.47. The molecule has 0 amide bonds. The second kappa shape index (κ2) is 8.26. The van der Waals surface area contributed by atoms with E-state index in [4.69, 9.17) is 13.9 Å². The third-order valence-corrected chi connectivity index (χ3v) is 5.81. The fourth-order valence-electron chi connectivity index (χ4n) is 4.37. The van der Waals surface area contributed by atoms with Crippen LogP contribution in [-0.2, 0) is 4.79 Å². The van der Waals surface area contributed by atoms with E-state index < -0.39 is 17.3 Å². The summed E-state index contributed by atoms with van der Waals surface area (Å²) in [6, 6.07) is 14.8. The Morgan fingerprint density at radius 1 is 1.03 bits per heavy atom. The van der Waals surface area contributed by atoms with E-state index in [0.29, 0.717) is 16.9 Å². The minimum absolute atomic E-state index is 0.00506. The van der Waals surface area contributed by atoms with Gasteiger partial charge in [-0.05, 0) is 37.6 Å². The molecule has 7 heteroatoms. The van der Waals surface area contributed by atoms with E-state index in [0.717, 1.165) is 5.56 Å². The summed E-state index contributed by atoms with van der Waals surface area (Å²) in [6.45, 7) is 3.83. The van der Waals surface area contributed by atoms with Gasteiger partial charge in [0.05, 0.1) is 18.1 Å². The molecule has 0 saturated heterocycles. The molecular weight excluding hydrogens is 436 g/mol. The van der Waals surface area contributed by atoms with Crippen molar-refractivity contribution >= 4 is 16.9 Å². The van der Waals surface area contributed by atoms with Gasteiger partial charge in [-0.15, -0.1) is 0 Å². The molecule has 3 aromatic carbocycles. The van der Waals surface area contributed by atoms with Crippen LogP contribution in [0.4, 0.5) is 0 Å². The first-order valence-electron chi connectivity index (χ1n) is 10.9. The van der Waals surface area contributed by atoms with Crippen LogP contribution >= 0.6 is 0 Å². The molecule has 0 fully saturated rings. The number of phenolic OH excluding ortho intramolecular Hbond substituents is 2. The number of ether oxygens (including phenoxy) is 2. The lowest BCUT2D eigenvalue weighted by atomic mass is 9.84. The molecule has 1 aliphatic rings. The average Bonchev–Trinajstić information content (AvgIpc) is 2.79. The van der Waals surface area contributed by atoms with Crippen LogP contribution in [-0.4, -0.2) is 22.3 Å². The average molecular weight is 458 g/mol. The van der Waals surface area contributed by atoms with Crippen LogP contribution in [0.1, 0.15) is 37.3 Å². The maximum Gasteiger partial charge on any atom is 0.312 e. The van der Waals surface area contributed by atoms with Crippen molar-refractivity contribution in [1.82, 2.24) is 0 Å². The van der Waals surface area contributed by atoms with Gasteiger partial charge in [-0.3, -0.25) is 9.59 Å². The molecule has 0 saturated carbocycles. The lowest BCUT2D eigenvalue weighted by molar-refractivity contribution is -0.135. The Bertz CT molecular complexity index is 1470. The molecule has 2 N–H and O–H groups in total. The van der Waals surface area contributed by atoms with Crippen molar-refractivity contribution < 1.29 is 28.9 Å². The molecule has 5 rings (SSSR count). The van der Waals surface area contributed by atoms with E-state index in [1.165, 1.54) is 24.5 Å². The van der Waals surface area contributed by atoms with Crippen LogP contribution < -0.4 is 14.9 Å². The number of rotatable bonds is 4. The lowest BCUT2D eigenvalue weighted by Crippen LogP contribution is -2.23. The highest BCUT2D eigenvalue weighted by Gasteiger charge is 2.35. The summed E-state index contributed by atoms with van der Waals surface area (Å²) < 4.78 is 17.4. The third-order valence-electron chi connectivity index (χ3n) is 5.81. The number of aromatic hydroxyl groups is 2. The Morgan fingerprint density at radius 2 is 1.76 bits per heavy atom. The smallest absolute Gasteiger partial charge is 0.312 e. The summed E-state index contributed by atoms with van der Waals surface area (Å²) in [5, 5.41) is 20.3. The molecule has 0 unspecified atom stereocenters. The first-order valence-corrected chi connectivity index (χ1v) is 10.9. The van der Waals surface area contributed by atoms with Gasteiger partial charge in [0.25, 0.3) is 0 Å². The van der Waals surface area contributed by atoms with Crippen molar-refractivity contribution in [2.75, 3.05) is 0 Å². The number of fused-ring (bicyclic) bond motifs is 3. The molecule has 34 heavy (non-hydrogen) atoms. The lowest BCUT2D eigenvalue weighted by Gasteiger charge is -2.27. The predicted octanol–water partition coefficient (Wildman–Crippen LogP) is 5.10. The van der Waals surface area contributed by atoms with Gasteiger partial charge < -0.3 is 24.1 Å². The Kier molecular flexibility index (Phi) is 5.24. The summed E-state index contributed by atoms with van der Waals surface area (Å²) >= 11 is 0. The van der Waals surface area contributed by atoms with Crippen molar-refractivity contribution in [3.05, 3.63) is 82.2 Å². The molecule has 0 spiro atoms. The minimum atomic E-state index is -0.503. The molecular formula is C27H22O7. The number of carbonyl (C=O) groups is 1. The van der Waals surface area contributed by atoms with Gasteiger partial charge >= 0.3 is 5.97 Å². The summed E-state index contributed by atoms with van der Waals surface area (Å²) in [5.74, 6) is -0.477. The minimum Gasteiger partial charge on any atom is -0.508 e. The zero-order chi connectivity index (χ0) is 24.0. The van der Waals surface area contributed by atoms with Crippen LogP contribution in [0.15, 0.2) is 70.1 Å². The second-order valence-corrected chi connectivity index (χ2v) is 8.47. The number of para-hydroxylation sites is 1. The Hall–Kier alpha value is -4.26. The summed E-state index contributed by atoms with van der Waals surface area (Å²) in [7, 11) is 0. The number of phenols is 2. The fraction of sp³-hybridized carbons (Fsp3) is 0.185. The molecule has 1 atom stereocenters. The van der Waals surface area contributed by atoms with Crippen LogP contribution in [0, 0.1) is 0 Å². The maximum atomic E-state index is 13.4. The van der Waals surface area contributed by atoms with Crippen molar-refractivity contribution in [1.29, 1.82) is 0 Å². The molecule has 4 aromatic rings. The van der Waals surface area contributed by atoms with E-state index >= 15 is 0 Å². The predicted molar refractivity (Wildman–Crippen MR) is 126 cm³/mol. The maximum absolute atomic E-state index is 13.4. The van der Waals surface area contributed by atoms with Crippen molar-refractivity contribution in [2.24, 2.45) is 0 Å². The van der Waals surface area contributed by atoms with Crippen LogP contribution in [0.2, 0.25) is 0 Å². The Morgan fingerprint density at radius 3 is 2.50 bits per heavy atom. The van der Waals surface area contributed by atoms with Gasteiger partial charge in [-0.25, -0.2) is 0 Å². The molecule has 2 heterocycles. The van der Waals surface area contributed by atoms with Gasteiger partial charge in [-0.1, -0.05) is 30.3 Å². The largest absolute Gasteiger partial charge is 0.508 e. The van der Waals surface area contributed by atoms with Gasteiger partial charge in [-0.2, -0.15) is 0 Å². The molecule has 0 radical (unpaired) electrons. The molecule has 0 aliphatic carbocycles. The zero-order valence-electron chi connectivity index (χ0n) is 18.6. The number of benzene rings is 3. The number of hydrogen-bond donors (Lipinski definition) is 2. The van der Waals surface area contributed by atoms with E-state index in [1.54, 1.807) is 12.1 Å². The SMILES string of the molecule is CC(C)Oc1ccccc1[C@@H]1CC(=O)Oc2cc(O)c3c(=O)c(-c4ccc(O)cc4)coc3c21.